The fraction of sp³-hybridized carbons (Fsp3) is 0.318. The molecule has 0 unspecified atom stereocenters. The van der Waals surface area contributed by atoms with E-state index in [1.54, 1.807) is 18.2 Å². The molecule has 1 aliphatic rings. The van der Waals surface area contributed by atoms with E-state index in [1.165, 1.54) is 23.5 Å². The molecule has 0 bridgehead atoms. The summed E-state index contributed by atoms with van der Waals surface area (Å²) in [5.41, 5.74) is 2.73. The number of aliphatic hydroxyl groups is 1. The molecule has 1 aromatic heterocycles. The molecule has 0 spiro atoms. The Morgan fingerprint density at radius 2 is 1.94 bits per heavy atom. The van der Waals surface area contributed by atoms with E-state index in [9.17, 15) is 22.7 Å². The first kappa shape index (κ1) is 21.3. The number of hydrogen-bond donors (Lipinski definition) is 2. The molecule has 2 aromatic carbocycles. The third-order valence-electron chi connectivity index (χ3n) is 5.39. The summed E-state index contributed by atoms with van der Waals surface area (Å²) in [4.78, 5) is 12.5. The molecule has 0 atom stereocenters. The number of nitrogens with one attached hydrogen (secondary N) is 1. The van der Waals surface area contributed by atoms with Gasteiger partial charge in [0.05, 0.1) is 25.1 Å². The number of nitrogens with zero attached hydrogens (tertiary/aromatic N) is 1. The molecule has 31 heavy (non-hydrogen) atoms. The second kappa shape index (κ2) is 7.97. The lowest BCUT2D eigenvalue weighted by Crippen LogP contribution is -2.33. The summed E-state index contributed by atoms with van der Waals surface area (Å²) in [6.07, 6.45) is 2.92. The van der Waals surface area contributed by atoms with Crippen molar-refractivity contribution < 1.29 is 27.1 Å². The number of benzene rings is 2. The van der Waals surface area contributed by atoms with Crippen LogP contribution in [-0.2, 0) is 10.0 Å². The van der Waals surface area contributed by atoms with Gasteiger partial charge >= 0.3 is 0 Å². The fourth-order valence-corrected chi connectivity index (χ4v) is 4.75. The number of sulfonamides is 1. The summed E-state index contributed by atoms with van der Waals surface area (Å²) in [6.45, 7) is -0.421. The number of carbonyl (C=O) groups is 1. The second-order valence-corrected chi connectivity index (χ2v) is 9.54. The molecule has 2 N–H and O–H groups in total. The number of furan rings is 1. The molecular formula is C22H23FN2O5S. The van der Waals surface area contributed by atoms with Crippen molar-refractivity contribution in [2.24, 2.45) is 0 Å². The highest BCUT2D eigenvalue weighted by Gasteiger charge is 2.32. The zero-order valence-corrected chi connectivity index (χ0v) is 18.0. The van der Waals surface area contributed by atoms with E-state index in [0.717, 1.165) is 24.7 Å². The van der Waals surface area contributed by atoms with Gasteiger partial charge in [-0.1, -0.05) is 12.1 Å². The molecule has 1 saturated carbocycles. The Hall–Kier alpha value is -2.91. The maximum atomic E-state index is 13.5. The summed E-state index contributed by atoms with van der Waals surface area (Å²) in [6, 6.07) is 9.23. The van der Waals surface area contributed by atoms with Crippen molar-refractivity contribution in [3.05, 3.63) is 53.5 Å². The highest BCUT2D eigenvalue weighted by molar-refractivity contribution is 7.92. The third-order valence-corrected chi connectivity index (χ3v) is 6.57. The SMILES string of the molecule is CNC(=O)c1oc2cc(N(CCO)S(C)(=O)=O)c(C3CC3)cc2c1-c1ccc(F)cc1. The largest absolute Gasteiger partial charge is 0.450 e. The zero-order chi connectivity index (χ0) is 22.3. The number of aliphatic hydroxyl groups excluding tert-OH is 1. The molecule has 3 aromatic rings. The summed E-state index contributed by atoms with van der Waals surface area (Å²) < 4.78 is 45.4. The number of fused-ring (bicyclic) bond motifs is 1. The minimum atomic E-state index is -3.65. The van der Waals surface area contributed by atoms with Crippen LogP contribution in [0.3, 0.4) is 0 Å². The van der Waals surface area contributed by atoms with E-state index in [-0.39, 0.29) is 24.8 Å². The Kier molecular flexibility index (Phi) is 5.49. The Bertz CT molecular complexity index is 1250. The van der Waals surface area contributed by atoms with Gasteiger partial charge in [0.1, 0.15) is 11.4 Å². The number of amides is 1. The van der Waals surface area contributed by atoms with Crippen molar-refractivity contribution >= 4 is 32.6 Å². The topological polar surface area (TPSA) is 99.8 Å². The van der Waals surface area contributed by atoms with Crippen LogP contribution in [0.5, 0.6) is 0 Å². The van der Waals surface area contributed by atoms with E-state index < -0.39 is 21.7 Å². The van der Waals surface area contributed by atoms with Crippen LogP contribution < -0.4 is 9.62 Å². The van der Waals surface area contributed by atoms with Gasteiger partial charge in [0.2, 0.25) is 15.8 Å². The summed E-state index contributed by atoms with van der Waals surface area (Å²) in [7, 11) is -2.16. The average molecular weight is 447 g/mol. The van der Waals surface area contributed by atoms with E-state index in [4.69, 9.17) is 4.42 Å². The lowest BCUT2D eigenvalue weighted by atomic mass is 9.98. The van der Waals surface area contributed by atoms with E-state index in [2.05, 4.69) is 5.32 Å². The van der Waals surface area contributed by atoms with Crippen LogP contribution in [0, 0.1) is 5.82 Å². The number of carbonyl (C=O) groups excluding carboxylic acids is 1. The van der Waals surface area contributed by atoms with Crippen LogP contribution in [0.15, 0.2) is 40.8 Å². The van der Waals surface area contributed by atoms with Gasteiger partial charge in [0.25, 0.3) is 5.91 Å². The van der Waals surface area contributed by atoms with Crippen LogP contribution in [-0.4, -0.2) is 45.9 Å². The van der Waals surface area contributed by atoms with Gasteiger partial charge in [-0.25, -0.2) is 12.8 Å². The first-order valence-electron chi connectivity index (χ1n) is 9.91. The van der Waals surface area contributed by atoms with E-state index in [0.29, 0.717) is 27.8 Å². The summed E-state index contributed by atoms with van der Waals surface area (Å²) in [5, 5.41) is 12.6. The van der Waals surface area contributed by atoms with Crippen molar-refractivity contribution in [2.75, 3.05) is 30.8 Å². The molecule has 1 heterocycles. The molecule has 1 amide bonds. The van der Waals surface area contributed by atoms with Crippen LogP contribution in [0.1, 0.15) is 34.9 Å². The smallest absolute Gasteiger partial charge is 0.287 e. The van der Waals surface area contributed by atoms with Crippen molar-refractivity contribution in [1.29, 1.82) is 0 Å². The summed E-state index contributed by atoms with van der Waals surface area (Å²) >= 11 is 0. The maximum absolute atomic E-state index is 13.5. The average Bonchev–Trinajstić information content (AvgIpc) is 3.51. The minimum absolute atomic E-state index is 0.0658. The van der Waals surface area contributed by atoms with Crippen molar-refractivity contribution in [3.63, 3.8) is 0 Å². The predicted molar refractivity (Wildman–Crippen MR) is 116 cm³/mol. The standard InChI is InChI=1S/C22H23FN2O5S/c1-24-22(27)21-20(14-5-7-15(23)8-6-14)17-11-16(13-3-4-13)18(12-19(17)30-21)25(9-10-26)31(2,28)29/h5-8,11-13,26H,3-4,9-10H2,1-2H3,(H,24,27). The number of halogens is 1. The van der Waals surface area contributed by atoms with Crippen molar-refractivity contribution in [3.8, 4) is 11.1 Å². The molecule has 1 aliphatic carbocycles. The quantitative estimate of drug-likeness (QED) is 0.581. The first-order chi connectivity index (χ1) is 14.7. The van der Waals surface area contributed by atoms with Gasteiger partial charge in [-0.15, -0.1) is 0 Å². The van der Waals surface area contributed by atoms with Crippen LogP contribution in [0.4, 0.5) is 10.1 Å². The lowest BCUT2D eigenvalue weighted by molar-refractivity contribution is 0.0938. The number of anilines is 1. The molecule has 0 saturated heterocycles. The molecule has 164 valence electrons. The fourth-order valence-electron chi connectivity index (χ4n) is 3.82. The molecule has 0 aliphatic heterocycles. The summed E-state index contributed by atoms with van der Waals surface area (Å²) in [5.74, 6) is -0.593. The highest BCUT2D eigenvalue weighted by atomic mass is 32.2. The molecule has 1 fully saturated rings. The number of rotatable bonds is 7. The normalized spacial score (nSPS) is 14.1. The van der Waals surface area contributed by atoms with Crippen LogP contribution in [0.25, 0.3) is 22.1 Å². The molecule has 9 heteroatoms. The first-order valence-corrected chi connectivity index (χ1v) is 11.8. The van der Waals surface area contributed by atoms with Crippen LogP contribution in [0.2, 0.25) is 0 Å². The number of hydrogen-bond acceptors (Lipinski definition) is 5. The van der Waals surface area contributed by atoms with Crippen molar-refractivity contribution in [1.82, 2.24) is 5.32 Å². The third kappa shape index (κ3) is 4.03. The Morgan fingerprint density at radius 1 is 1.26 bits per heavy atom. The second-order valence-electron chi connectivity index (χ2n) is 7.63. The monoisotopic (exact) mass is 446 g/mol. The van der Waals surface area contributed by atoms with Crippen molar-refractivity contribution in [2.45, 2.75) is 18.8 Å². The highest BCUT2D eigenvalue weighted by Crippen LogP contribution is 2.48. The maximum Gasteiger partial charge on any atom is 0.287 e. The van der Waals surface area contributed by atoms with Gasteiger partial charge in [0.15, 0.2) is 0 Å². The minimum Gasteiger partial charge on any atom is -0.450 e. The predicted octanol–water partition coefficient (Wildman–Crippen LogP) is 3.23. The molecule has 7 nitrogen and oxygen atoms in total. The van der Waals surface area contributed by atoms with Gasteiger partial charge in [0, 0.05) is 24.1 Å². The van der Waals surface area contributed by atoms with E-state index >= 15 is 0 Å². The Balaban J connectivity index is 2.01. The lowest BCUT2D eigenvalue weighted by Gasteiger charge is -2.24. The molecular weight excluding hydrogens is 423 g/mol. The molecule has 0 radical (unpaired) electrons. The molecule has 4 rings (SSSR count). The van der Waals surface area contributed by atoms with Gasteiger partial charge < -0.3 is 14.8 Å². The van der Waals surface area contributed by atoms with E-state index in [1.807, 2.05) is 6.07 Å². The Labute approximate surface area is 179 Å². The van der Waals surface area contributed by atoms with Gasteiger partial charge in [-0.05, 0) is 48.1 Å². The Morgan fingerprint density at radius 3 is 2.48 bits per heavy atom. The van der Waals surface area contributed by atoms with Gasteiger partial charge in [-0.3, -0.25) is 9.10 Å². The zero-order valence-electron chi connectivity index (χ0n) is 17.2. The van der Waals surface area contributed by atoms with Gasteiger partial charge in [-0.2, -0.15) is 0 Å². The van der Waals surface area contributed by atoms with Crippen LogP contribution >= 0.6 is 0 Å².